The Morgan fingerprint density at radius 1 is 1.04 bits per heavy atom. The summed E-state index contributed by atoms with van der Waals surface area (Å²) in [5.41, 5.74) is 2.34. The first-order valence-corrected chi connectivity index (χ1v) is 9.23. The number of hydrogen-bond donors (Lipinski definition) is 0. The number of benzene rings is 1. The van der Waals surface area contributed by atoms with Crippen molar-refractivity contribution in [1.82, 2.24) is 0 Å². The lowest BCUT2D eigenvalue weighted by atomic mass is 9.67. The molecule has 3 unspecified atom stereocenters. The Bertz CT molecular complexity index is 587. The zero-order chi connectivity index (χ0) is 16.3. The Kier molecular flexibility index (Phi) is 5.24. The fourth-order valence-electron chi connectivity index (χ4n) is 4.33. The van der Waals surface area contributed by atoms with Gasteiger partial charge in [0.2, 0.25) is 0 Å². The Hall–Kier alpha value is -1.11. The van der Waals surface area contributed by atoms with Crippen LogP contribution in [0.5, 0.6) is 0 Å². The van der Waals surface area contributed by atoms with Gasteiger partial charge in [0.15, 0.2) is 0 Å². The molecule has 2 nitrogen and oxygen atoms in total. The standard InChI is InChI=1S/C20H27O2P/c1-21-17-13-14-18(23)20(22-2,16-11-7-4-8-12-16)19(17)15-9-5-3-6-10-15/h3,5-6,9-10,13-14,16,18H,4,7-8,11-12,23H2,1-2H3. The average molecular weight is 330 g/mol. The van der Waals surface area contributed by atoms with Crippen molar-refractivity contribution in [2.75, 3.05) is 14.2 Å². The summed E-state index contributed by atoms with van der Waals surface area (Å²) in [5, 5.41) is 0. The quantitative estimate of drug-likeness (QED) is 0.737. The van der Waals surface area contributed by atoms with E-state index < -0.39 is 0 Å². The summed E-state index contributed by atoms with van der Waals surface area (Å²) in [6.07, 6.45) is 10.7. The molecule has 0 saturated heterocycles. The van der Waals surface area contributed by atoms with Crippen LogP contribution < -0.4 is 0 Å². The molecule has 0 radical (unpaired) electrons. The van der Waals surface area contributed by atoms with Gasteiger partial charge >= 0.3 is 0 Å². The largest absolute Gasteiger partial charge is 0.496 e. The van der Waals surface area contributed by atoms with Crippen molar-refractivity contribution >= 4 is 14.8 Å². The molecule has 23 heavy (non-hydrogen) atoms. The molecule has 1 aromatic rings. The van der Waals surface area contributed by atoms with Crippen molar-refractivity contribution in [2.45, 2.75) is 43.4 Å². The second kappa shape index (κ2) is 7.20. The van der Waals surface area contributed by atoms with E-state index in [9.17, 15) is 0 Å². The van der Waals surface area contributed by atoms with E-state index in [1.807, 2.05) is 7.11 Å². The predicted molar refractivity (Wildman–Crippen MR) is 99.3 cm³/mol. The van der Waals surface area contributed by atoms with Crippen molar-refractivity contribution < 1.29 is 9.47 Å². The molecule has 3 rings (SSSR count). The summed E-state index contributed by atoms with van der Waals surface area (Å²) >= 11 is 0. The van der Waals surface area contributed by atoms with Crippen molar-refractivity contribution in [1.29, 1.82) is 0 Å². The van der Waals surface area contributed by atoms with E-state index in [0.717, 1.165) is 5.76 Å². The molecule has 0 aromatic heterocycles. The van der Waals surface area contributed by atoms with Gasteiger partial charge in [-0.2, -0.15) is 0 Å². The third-order valence-electron chi connectivity index (χ3n) is 5.42. The van der Waals surface area contributed by atoms with E-state index in [4.69, 9.17) is 9.47 Å². The second-order valence-corrected chi connectivity index (χ2v) is 7.24. The van der Waals surface area contributed by atoms with Crippen molar-refractivity contribution in [3.63, 3.8) is 0 Å². The molecule has 1 saturated carbocycles. The molecule has 2 aliphatic rings. The summed E-state index contributed by atoms with van der Waals surface area (Å²) in [4.78, 5) is 0. The lowest BCUT2D eigenvalue weighted by Crippen LogP contribution is -2.50. The van der Waals surface area contributed by atoms with Gasteiger partial charge in [-0.3, -0.25) is 0 Å². The summed E-state index contributed by atoms with van der Waals surface area (Å²) in [6, 6.07) is 10.6. The Labute approximate surface area is 142 Å². The molecule has 0 aliphatic heterocycles. The van der Waals surface area contributed by atoms with E-state index in [1.54, 1.807) is 7.11 Å². The Balaban J connectivity index is 2.17. The maximum atomic E-state index is 6.32. The number of methoxy groups -OCH3 is 2. The molecule has 0 N–H and O–H groups in total. The number of ether oxygens (including phenoxy) is 2. The maximum absolute atomic E-state index is 6.32. The van der Waals surface area contributed by atoms with E-state index in [-0.39, 0.29) is 11.3 Å². The molecule has 0 amide bonds. The summed E-state index contributed by atoms with van der Waals surface area (Å²) < 4.78 is 12.1. The monoisotopic (exact) mass is 330 g/mol. The van der Waals surface area contributed by atoms with Crippen LogP contribution in [0.2, 0.25) is 0 Å². The van der Waals surface area contributed by atoms with Gasteiger partial charge in [0.1, 0.15) is 11.4 Å². The Morgan fingerprint density at radius 3 is 2.35 bits per heavy atom. The summed E-state index contributed by atoms with van der Waals surface area (Å²) in [6.45, 7) is 0. The van der Waals surface area contributed by atoms with Crippen LogP contribution in [0.1, 0.15) is 37.7 Å². The fourth-order valence-corrected chi connectivity index (χ4v) is 5.02. The number of rotatable bonds is 4. The van der Waals surface area contributed by atoms with Gasteiger partial charge in [-0.15, -0.1) is 9.24 Å². The van der Waals surface area contributed by atoms with Crippen LogP contribution in [0.3, 0.4) is 0 Å². The zero-order valence-electron chi connectivity index (χ0n) is 14.1. The molecule has 124 valence electrons. The van der Waals surface area contributed by atoms with Crippen molar-refractivity contribution in [3.8, 4) is 0 Å². The van der Waals surface area contributed by atoms with Gasteiger partial charge in [-0.25, -0.2) is 0 Å². The second-order valence-electron chi connectivity index (χ2n) is 6.53. The first-order chi connectivity index (χ1) is 11.2. The van der Waals surface area contributed by atoms with Crippen LogP contribution in [0.25, 0.3) is 5.57 Å². The van der Waals surface area contributed by atoms with Crippen LogP contribution in [0, 0.1) is 5.92 Å². The number of hydrogen-bond acceptors (Lipinski definition) is 2. The molecular formula is C20H27O2P. The van der Waals surface area contributed by atoms with E-state index >= 15 is 0 Å². The van der Waals surface area contributed by atoms with Crippen LogP contribution in [-0.4, -0.2) is 25.5 Å². The Morgan fingerprint density at radius 2 is 1.74 bits per heavy atom. The summed E-state index contributed by atoms with van der Waals surface area (Å²) in [5.74, 6) is 1.45. The van der Waals surface area contributed by atoms with Gasteiger partial charge in [0, 0.05) is 18.3 Å². The zero-order valence-corrected chi connectivity index (χ0v) is 15.3. The van der Waals surface area contributed by atoms with Gasteiger partial charge in [-0.1, -0.05) is 55.7 Å². The van der Waals surface area contributed by atoms with Gasteiger partial charge in [-0.05, 0) is 30.4 Å². The average Bonchev–Trinajstić information content (AvgIpc) is 2.63. The maximum Gasteiger partial charge on any atom is 0.125 e. The molecule has 0 heterocycles. The third kappa shape index (κ3) is 2.88. The minimum absolute atomic E-state index is 0.254. The summed E-state index contributed by atoms with van der Waals surface area (Å²) in [7, 11) is 6.62. The highest BCUT2D eigenvalue weighted by atomic mass is 31.0. The third-order valence-corrected chi connectivity index (χ3v) is 6.14. The fraction of sp³-hybridized carbons (Fsp3) is 0.500. The van der Waals surface area contributed by atoms with Crippen LogP contribution in [0.4, 0.5) is 0 Å². The SMILES string of the molecule is COC1=C(c2ccccc2)C(OC)(C2CCCCC2)C(P)C=C1. The molecule has 0 spiro atoms. The highest BCUT2D eigenvalue weighted by Gasteiger charge is 2.49. The van der Waals surface area contributed by atoms with Gasteiger partial charge in [0.05, 0.1) is 7.11 Å². The van der Waals surface area contributed by atoms with Crippen LogP contribution in [-0.2, 0) is 9.47 Å². The highest BCUT2D eigenvalue weighted by Crippen LogP contribution is 2.51. The lowest BCUT2D eigenvalue weighted by molar-refractivity contribution is -0.0188. The van der Waals surface area contributed by atoms with Gasteiger partial charge < -0.3 is 9.47 Å². The van der Waals surface area contributed by atoms with Crippen molar-refractivity contribution in [3.05, 3.63) is 53.8 Å². The first-order valence-electron chi connectivity index (χ1n) is 8.57. The first kappa shape index (κ1) is 16.7. The molecule has 3 heteroatoms. The highest BCUT2D eigenvalue weighted by molar-refractivity contribution is 7.18. The van der Waals surface area contributed by atoms with E-state index in [1.165, 1.54) is 43.2 Å². The molecule has 3 atom stereocenters. The van der Waals surface area contributed by atoms with Crippen molar-refractivity contribution in [2.24, 2.45) is 5.92 Å². The van der Waals surface area contributed by atoms with Crippen LogP contribution in [0.15, 0.2) is 48.2 Å². The smallest absolute Gasteiger partial charge is 0.125 e. The van der Waals surface area contributed by atoms with Gasteiger partial charge in [0.25, 0.3) is 0 Å². The van der Waals surface area contributed by atoms with E-state index in [0.29, 0.717) is 5.92 Å². The molecule has 2 aliphatic carbocycles. The van der Waals surface area contributed by atoms with E-state index in [2.05, 4.69) is 51.7 Å². The topological polar surface area (TPSA) is 18.5 Å². The predicted octanol–water partition coefficient (Wildman–Crippen LogP) is 4.82. The minimum atomic E-state index is -0.327. The lowest BCUT2D eigenvalue weighted by Gasteiger charge is -2.48. The molecular weight excluding hydrogens is 303 g/mol. The minimum Gasteiger partial charge on any atom is -0.496 e. The normalized spacial score (nSPS) is 28.9. The molecule has 0 bridgehead atoms. The van der Waals surface area contributed by atoms with Crippen LogP contribution >= 0.6 is 9.24 Å². The molecule has 1 aromatic carbocycles. The molecule has 1 fully saturated rings. The number of allylic oxidation sites excluding steroid dienone is 1.